The highest BCUT2D eigenvalue weighted by molar-refractivity contribution is 5.94. The number of pyridine rings is 1. The van der Waals surface area contributed by atoms with Crippen LogP contribution in [0.4, 0.5) is 4.39 Å². The van der Waals surface area contributed by atoms with E-state index in [0.717, 1.165) is 18.4 Å². The molecule has 3 rings (SSSR count). The Morgan fingerprint density at radius 2 is 2.04 bits per heavy atom. The Morgan fingerprint density at radius 3 is 2.67 bits per heavy atom. The van der Waals surface area contributed by atoms with Crippen molar-refractivity contribution in [2.24, 2.45) is 0 Å². The quantitative estimate of drug-likeness (QED) is 0.905. The van der Waals surface area contributed by atoms with Crippen molar-refractivity contribution in [2.75, 3.05) is 6.61 Å². The van der Waals surface area contributed by atoms with Gasteiger partial charge < -0.3 is 15.0 Å². The van der Waals surface area contributed by atoms with Crippen LogP contribution in [0.1, 0.15) is 40.5 Å². The largest absolute Gasteiger partial charge is 0.376 e. The van der Waals surface area contributed by atoms with Gasteiger partial charge in [-0.25, -0.2) is 4.39 Å². The van der Waals surface area contributed by atoms with Gasteiger partial charge in [0.2, 0.25) is 0 Å². The summed E-state index contributed by atoms with van der Waals surface area (Å²) < 4.78 is 18.9. The zero-order valence-corrected chi connectivity index (χ0v) is 13.3. The van der Waals surface area contributed by atoms with Crippen molar-refractivity contribution in [3.05, 3.63) is 69.4 Å². The fourth-order valence-corrected chi connectivity index (χ4v) is 2.90. The van der Waals surface area contributed by atoms with Gasteiger partial charge in [-0.1, -0.05) is 12.1 Å². The summed E-state index contributed by atoms with van der Waals surface area (Å²) in [6.07, 6.45) is 1.51. The minimum Gasteiger partial charge on any atom is -0.376 e. The van der Waals surface area contributed by atoms with Crippen LogP contribution in [0.5, 0.6) is 0 Å². The van der Waals surface area contributed by atoms with E-state index in [9.17, 15) is 14.0 Å². The highest BCUT2D eigenvalue weighted by atomic mass is 19.1. The summed E-state index contributed by atoms with van der Waals surface area (Å²) in [6.45, 7) is 2.38. The SMILES string of the molecule is Cc1ccc(C(=O)N[C@H](c2ccc(F)cc2)[C@H]2CCCO2)c(=O)[nH]1. The molecule has 1 aliphatic heterocycles. The summed E-state index contributed by atoms with van der Waals surface area (Å²) in [5.41, 5.74) is 1.05. The molecule has 0 saturated carbocycles. The molecule has 2 aromatic rings. The first-order valence-electron chi connectivity index (χ1n) is 7.92. The standard InChI is InChI=1S/C18H19FN2O3/c1-11-4-9-14(17(22)20-11)18(23)21-16(15-3-2-10-24-15)12-5-7-13(19)8-6-12/h4-9,15-16H,2-3,10H2,1H3,(H,20,22)(H,21,23)/t15-,16-/m1/s1. The Bertz CT molecular complexity index is 780. The third-order valence-corrected chi connectivity index (χ3v) is 4.15. The molecule has 2 heterocycles. The molecule has 1 aromatic carbocycles. The zero-order chi connectivity index (χ0) is 17.1. The Hall–Kier alpha value is -2.47. The van der Waals surface area contributed by atoms with Crippen molar-refractivity contribution in [1.29, 1.82) is 0 Å². The number of aromatic amines is 1. The van der Waals surface area contributed by atoms with E-state index in [1.165, 1.54) is 18.2 Å². The smallest absolute Gasteiger partial charge is 0.260 e. The summed E-state index contributed by atoms with van der Waals surface area (Å²) in [5, 5.41) is 2.86. The highest BCUT2D eigenvalue weighted by Crippen LogP contribution is 2.27. The molecule has 1 amide bonds. The number of carbonyl (C=O) groups is 1. The fraction of sp³-hybridized carbons (Fsp3) is 0.333. The van der Waals surface area contributed by atoms with Crippen molar-refractivity contribution >= 4 is 5.91 Å². The molecule has 2 atom stereocenters. The van der Waals surface area contributed by atoms with Crippen LogP contribution in [-0.2, 0) is 4.74 Å². The molecule has 1 aliphatic rings. The van der Waals surface area contributed by atoms with Crippen LogP contribution >= 0.6 is 0 Å². The Labute approximate surface area is 138 Å². The van der Waals surface area contributed by atoms with Crippen LogP contribution in [0, 0.1) is 12.7 Å². The third-order valence-electron chi connectivity index (χ3n) is 4.15. The summed E-state index contributed by atoms with van der Waals surface area (Å²) in [6, 6.07) is 8.70. The average Bonchev–Trinajstić information content (AvgIpc) is 3.07. The van der Waals surface area contributed by atoms with E-state index < -0.39 is 17.5 Å². The molecule has 5 nitrogen and oxygen atoms in total. The predicted octanol–water partition coefficient (Wildman–Crippen LogP) is 2.47. The molecule has 6 heteroatoms. The molecule has 126 valence electrons. The van der Waals surface area contributed by atoms with E-state index in [-0.39, 0.29) is 17.5 Å². The maximum absolute atomic E-state index is 13.2. The molecule has 1 fully saturated rings. The van der Waals surface area contributed by atoms with Crippen LogP contribution in [0.25, 0.3) is 0 Å². The Morgan fingerprint density at radius 1 is 1.29 bits per heavy atom. The number of hydrogen-bond donors (Lipinski definition) is 2. The van der Waals surface area contributed by atoms with Gasteiger partial charge in [-0.05, 0) is 49.6 Å². The number of ether oxygens (including phenoxy) is 1. The number of H-pyrrole nitrogens is 1. The number of amides is 1. The zero-order valence-electron chi connectivity index (χ0n) is 13.3. The van der Waals surface area contributed by atoms with E-state index in [4.69, 9.17) is 4.74 Å². The van der Waals surface area contributed by atoms with Crippen molar-refractivity contribution in [3.63, 3.8) is 0 Å². The number of halogens is 1. The minimum atomic E-state index is -0.471. The number of aryl methyl sites for hydroxylation is 1. The number of carbonyl (C=O) groups excluding carboxylic acids is 1. The van der Waals surface area contributed by atoms with Crippen molar-refractivity contribution in [1.82, 2.24) is 10.3 Å². The number of nitrogens with one attached hydrogen (secondary N) is 2. The molecule has 0 radical (unpaired) electrons. The van der Waals surface area contributed by atoms with Crippen LogP contribution in [0.15, 0.2) is 41.2 Å². The molecule has 0 spiro atoms. The first-order valence-corrected chi connectivity index (χ1v) is 7.92. The van der Waals surface area contributed by atoms with Crippen molar-refractivity contribution < 1.29 is 13.9 Å². The second-order valence-electron chi connectivity index (χ2n) is 5.94. The first kappa shape index (κ1) is 16.4. The van der Waals surface area contributed by atoms with Gasteiger partial charge in [0.15, 0.2) is 0 Å². The van der Waals surface area contributed by atoms with E-state index in [0.29, 0.717) is 12.3 Å². The maximum atomic E-state index is 13.2. The second kappa shape index (κ2) is 6.97. The molecule has 2 N–H and O–H groups in total. The first-order chi connectivity index (χ1) is 11.5. The van der Waals surface area contributed by atoms with Gasteiger partial charge in [-0.3, -0.25) is 9.59 Å². The lowest BCUT2D eigenvalue weighted by Gasteiger charge is -2.24. The molecule has 1 saturated heterocycles. The molecule has 1 aromatic heterocycles. The normalized spacial score (nSPS) is 18.3. The lowest BCUT2D eigenvalue weighted by atomic mass is 9.98. The number of benzene rings is 1. The van der Waals surface area contributed by atoms with Crippen LogP contribution < -0.4 is 10.9 Å². The van der Waals surface area contributed by atoms with Crippen LogP contribution in [0.2, 0.25) is 0 Å². The van der Waals surface area contributed by atoms with Gasteiger partial charge in [-0.2, -0.15) is 0 Å². The number of rotatable bonds is 4. The van der Waals surface area contributed by atoms with Gasteiger partial charge in [-0.15, -0.1) is 0 Å². The molecule has 0 bridgehead atoms. The number of hydrogen-bond acceptors (Lipinski definition) is 3. The highest BCUT2D eigenvalue weighted by Gasteiger charge is 2.29. The lowest BCUT2D eigenvalue weighted by Crippen LogP contribution is -2.38. The topological polar surface area (TPSA) is 71.2 Å². The molecule has 0 aliphatic carbocycles. The maximum Gasteiger partial charge on any atom is 0.260 e. The summed E-state index contributed by atoms with van der Waals surface area (Å²) in [4.78, 5) is 27.1. The molecule has 24 heavy (non-hydrogen) atoms. The minimum absolute atomic E-state index is 0.0470. The van der Waals surface area contributed by atoms with E-state index in [1.807, 2.05) is 0 Å². The molecule has 0 unspecified atom stereocenters. The molecular weight excluding hydrogens is 311 g/mol. The fourth-order valence-electron chi connectivity index (χ4n) is 2.90. The average molecular weight is 330 g/mol. The lowest BCUT2D eigenvalue weighted by molar-refractivity contribution is 0.0671. The second-order valence-corrected chi connectivity index (χ2v) is 5.94. The van der Waals surface area contributed by atoms with Gasteiger partial charge in [0.1, 0.15) is 11.4 Å². The monoisotopic (exact) mass is 330 g/mol. The Kier molecular flexibility index (Phi) is 4.76. The van der Waals surface area contributed by atoms with Crippen molar-refractivity contribution in [2.45, 2.75) is 31.9 Å². The summed E-state index contributed by atoms with van der Waals surface area (Å²) in [7, 11) is 0. The van der Waals surface area contributed by atoms with Gasteiger partial charge in [0.25, 0.3) is 11.5 Å². The van der Waals surface area contributed by atoms with E-state index in [1.54, 1.807) is 25.1 Å². The van der Waals surface area contributed by atoms with E-state index >= 15 is 0 Å². The Balaban J connectivity index is 1.87. The van der Waals surface area contributed by atoms with Gasteiger partial charge in [0, 0.05) is 12.3 Å². The molecular formula is C18H19FN2O3. The predicted molar refractivity (Wildman–Crippen MR) is 87.4 cm³/mol. The van der Waals surface area contributed by atoms with Gasteiger partial charge in [0.05, 0.1) is 12.1 Å². The summed E-state index contributed by atoms with van der Waals surface area (Å²) in [5.74, 6) is -0.813. The number of aromatic nitrogens is 1. The van der Waals surface area contributed by atoms with Gasteiger partial charge >= 0.3 is 0 Å². The third kappa shape index (κ3) is 3.54. The van der Waals surface area contributed by atoms with Crippen molar-refractivity contribution in [3.8, 4) is 0 Å². The van der Waals surface area contributed by atoms with E-state index in [2.05, 4.69) is 10.3 Å². The van der Waals surface area contributed by atoms with Crippen LogP contribution in [0.3, 0.4) is 0 Å². The van der Waals surface area contributed by atoms with Crippen LogP contribution in [-0.4, -0.2) is 23.6 Å². The summed E-state index contributed by atoms with van der Waals surface area (Å²) >= 11 is 0.